The number of rotatable bonds is 5. The van der Waals surface area contributed by atoms with Gasteiger partial charge in [-0.25, -0.2) is 0 Å². The van der Waals surface area contributed by atoms with Gasteiger partial charge in [0.1, 0.15) is 0 Å². The molecule has 3 aromatic rings. The maximum absolute atomic E-state index is 12.3. The summed E-state index contributed by atoms with van der Waals surface area (Å²) in [6.45, 7) is 0. The van der Waals surface area contributed by atoms with Crippen molar-refractivity contribution in [2.45, 2.75) is 12.5 Å². The third-order valence-corrected chi connectivity index (χ3v) is 4.21. The van der Waals surface area contributed by atoms with E-state index in [4.69, 9.17) is 0 Å². The highest BCUT2D eigenvalue weighted by molar-refractivity contribution is 7.10. The Hall–Kier alpha value is -2.46. The number of carbonyl (C=O) groups excluding carboxylic acids is 1. The Labute approximate surface area is 133 Å². The molecule has 1 aromatic carbocycles. The van der Waals surface area contributed by atoms with Gasteiger partial charge in [0, 0.05) is 11.1 Å². The van der Waals surface area contributed by atoms with E-state index in [0.29, 0.717) is 6.42 Å². The first-order valence-corrected chi connectivity index (χ1v) is 7.98. The molecule has 0 saturated carbocycles. The fraction of sp³-hybridized carbons (Fsp3) is 0.111. The lowest BCUT2D eigenvalue weighted by atomic mass is 10.0. The first kappa shape index (κ1) is 14.5. The highest BCUT2D eigenvalue weighted by Gasteiger charge is 2.18. The van der Waals surface area contributed by atoms with Crippen LogP contribution in [0, 0.1) is 0 Å². The van der Waals surface area contributed by atoms with Crippen molar-refractivity contribution in [3.63, 3.8) is 0 Å². The van der Waals surface area contributed by atoms with Crippen molar-refractivity contribution in [3.8, 4) is 0 Å². The molecule has 110 valence electrons. The number of amides is 1. The molecule has 1 atom stereocenters. The minimum Gasteiger partial charge on any atom is -0.343 e. The van der Waals surface area contributed by atoms with E-state index < -0.39 is 0 Å². The van der Waals surface area contributed by atoms with Crippen LogP contribution >= 0.6 is 11.3 Å². The molecule has 0 saturated heterocycles. The van der Waals surface area contributed by atoms with E-state index in [1.807, 2.05) is 66.0 Å². The average molecular weight is 308 g/mol. The Kier molecular flexibility index (Phi) is 4.61. The summed E-state index contributed by atoms with van der Waals surface area (Å²) in [5.74, 6) is 0.00181. The minimum atomic E-state index is -0.227. The first-order chi connectivity index (χ1) is 10.8. The Morgan fingerprint density at radius 2 is 1.86 bits per heavy atom. The number of hydrogen-bond donors (Lipinski definition) is 1. The van der Waals surface area contributed by atoms with Crippen molar-refractivity contribution in [1.82, 2.24) is 10.3 Å². The van der Waals surface area contributed by atoms with Crippen LogP contribution in [0.1, 0.15) is 22.2 Å². The third kappa shape index (κ3) is 3.59. The maximum Gasteiger partial charge on any atom is 0.226 e. The summed E-state index contributed by atoms with van der Waals surface area (Å²) in [5.41, 5.74) is 1.87. The number of pyridine rings is 1. The van der Waals surface area contributed by atoms with Crippen LogP contribution < -0.4 is 5.32 Å². The normalized spacial score (nSPS) is 11.8. The summed E-state index contributed by atoms with van der Waals surface area (Å²) in [5, 5.41) is 5.08. The molecule has 0 radical (unpaired) electrons. The van der Waals surface area contributed by atoms with Gasteiger partial charge >= 0.3 is 0 Å². The molecule has 2 aromatic heterocycles. The summed E-state index contributed by atoms with van der Waals surface area (Å²) in [6, 6.07) is 19.4. The van der Waals surface area contributed by atoms with Crippen LogP contribution in [-0.4, -0.2) is 10.9 Å². The van der Waals surface area contributed by atoms with Gasteiger partial charge in [0.05, 0.1) is 18.2 Å². The lowest BCUT2D eigenvalue weighted by Gasteiger charge is -2.18. The first-order valence-electron chi connectivity index (χ1n) is 7.10. The molecule has 0 fully saturated rings. The zero-order valence-corrected chi connectivity index (χ0v) is 12.8. The lowest BCUT2D eigenvalue weighted by Crippen LogP contribution is -2.30. The smallest absolute Gasteiger partial charge is 0.226 e. The molecule has 0 spiro atoms. The molecule has 0 bridgehead atoms. The Morgan fingerprint density at radius 1 is 1.05 bits per heavy atom. The van der Waals surface area contributed by atoms with Crippen LogP contribution in [0.2, 0.25) is 0 Å². The topological polar surface area (TPSA) is 42.0 Å². The second-order valence-electron chi connectivity index (χ2n) is 4.92. The van der Waals surface area contributed by atoms with Crippen molar-refractivity contribution >= 4 is 17.2 Å². The molecule has 0 aliphatic carbocycles. The van der Waals surface area contributed by atoms with Crippen LogP contribution in [0.5, 0.6) is 0 Å². The van der Waals surface area contributed by atoms with Gasteiger partial charge in [0.15, 0.2) is 0 Å². The van der Waals surface area contributed by atoms with Gasteiger partial charge in [0.25, 0.3) is 0 Å². The van der Waals surface area contributed by atoms with Gasteiger partial charge in [0.2, 0.25) is 5.91 Å². The van der Waals surface area contributed by atoms with E-state index in [-0.39, 0.29) is 11.9 Å². The molecule has 3 rings (SSSR count). The zero-order valence-electron chi connectivity index (χ0n) is 12.0. The Bertz CT molecular complexity index is 672. The molecule has 2 heterocycles. The second kappa shape index (κ2) is 7.00. The summed E-state index contributed by atoms with van der Waals surface area (Å²) >= 11 is 1.59. The SMILES string of the molecule is O=C(Cc1cccs1)NC(c1ccccc1)c1ccccn1. The second-order valence-corrected chi connectivity index (χ2v) is 5.95. The van der Waals surface area contributed by atoms with Gasteiger partial charge in [-0.3, -0.25) is 9.78 Å². The fourth-order valence-corrected chi connectivity index (χ4v) is 3.01. The van der Waals surface area contributed by atoms with Crippen LogP contribution in [0.25, 0.3) is 0 Å². The molecule has 1 amide bonds. The molecule has 4 heteroatoms. The van der Waals surface area contributed by atoms with E-state index in [1.165, 1.54) is 0 Å². The van der Waals surface area contributed by atoms with Crippen LogP contribution in [0.4, 0.5) is 0 Å². The Balaban J connectivity index is 1.81. The van der Waals surface area contributed by atoms with Gasteiger partial charge < -0.3 is 5.32 Å². The minimum absolute atomic E-state index is 0.00181. The van der Waals surface area contributed by atoms with E-state index in [2.05, 4.69) is 10.3 Å². The molecule has 0 aliphatic heterocycles. The summed E-state index contributed by atoms with van der Waals surface area (Å²) in [4.78, 5) is 17.8. The maximum atomic E-state index is 12.3. The van der Waals surface area contributed by atoms with Crippen LogP contribution in [-0.2, 0) is 11.2 Å². The standard InChI is InChI=1S/C18H16N2OS/c21-17(13-15-9-6-12-22-15)20-18(14-7-2-1-3-8-14)16-10-4-5-11-19-16/h1-12,18H,13H2,(H,20,21). The molecule has 0 aliphatic rings. The van der Waals surface area contributed by atoms with Crippen molar-refractivity contribution in [2.24, 2.45) is 0 Å². The van der Waals surface area contributed by atoms with Crippen LogP contribution in [0.3, 0.4) is 0 Å². The molecule has 1 unspecified atom stereocenters. The van der Waals surface area contributed by atoms with E-state index >= 15 is 0 Å². The molecule has 3 nitrogen and oxygen atoms in total. The largest absolute Gasteiger partial charge is 0.343 e. The number of nitrogens with one attached hydrogen (secondary N) is 1. The highest BCUT2D eigenvalue weighted by Crippen LogP contribution is 2.20. The van der Waals surface area contributed by atoms with E-state index in [0.717, 1.165) is 16.1 Å². The quantitative estimate of drug-likeness (QED) is 0.782. The predicted octanol–water partition coefficient (Wildman–Crippen LogP) is 3.59. The van der Waals surface area contributed by atoms with Crippen molar-refractivity contribution < 1.29 is 4.79 Å². The summed E-state index contributed by atoms with van der Waals surface area (Å²) < 4.78 is 0. The zero-order chi connectivity index (χ0) is 15.2. The van der Waals surface area contributed by atoms with Gasteiger partial charge in [-0.1, -0.05) is 42.5 Å². The summed E-state index contributed by atoms with van der Waals surface area (Å²) in [6.07, 6.45) is 2.14. The lowest BCUT2D eigenvalue weighted by molar-refractivity contribution is -0.120. The number of nitrogens with zero attached hydrogens (tertiary/aromatic N) is 1. The van der Waals surface area contributed by atoms with Gasteiger partial charge in [-0.05, 0) is 29.1 Å². The monoisotopic (exact) mass is 308 g/mol. The van der Waals surface area contributed by atoms with Crippen molar-refractivity contribution in [2.75, 3.05) is 0 Å². The average Bonchev–Trinajstić information content (AvgIpc) is 3.07. The predicted molar refractivity (Wildman–Crippen MR) is 88.7 cm³/mol. The van der Waals surface area contributed by atoms with E-state index in [9.17, 15) is 4.79 Å². The summed E-state index contributed by atoms with van der Waals surface area (Å²) in [7, 11) is 0. The van der Waals surface area contributed by atoms with E-state index in [1.54, 1.807) is 17.5 Å². The number of thiophene rings is 1. The number of benzene rings is 1. The van der Waals surface area contributed by atoms with Crippen molar-refractivity contribution in [1.29, 1.82) is 0 Å². The Morgan fingerprint density at radius 3 is 2.55 bits per heavy atom. The number of hydrogen-bond acceptors (Lipinski definition) is 3. The highest BCUT2D eigenvalue weighted by atomic mass is 32.1. The van der Waals surface area contributed by atoms with Crippen molar-refractivity contribution in [3.05, 3.63) is 88.4 Å². The molecular formula is C18H16N2OS. The van der Waals surface area contributed by atoms with Crippen LogP contribution in [0.15, 0.2) is 72.2 Å². The molecular weight excluding hydrogens is 292 g/mol. The molecule has 22 heavy (non-hydrogen) atoms. The fourth-order valence-electron chi connectivity index (χ4n) is 2.30. The number of carbonyl (C=O) groups is 1. The van der Waals surface area contributed by atoms with Gasteiger partial charge in [-0.2, -0.15) is 0 Å². The third-order valence-electron chi connectivity index (χ3n) is 3.34. The molecule has 1 N–H and O–H groups in total. The number of aromatic nitrogens is 1. The van der Waals surface area contributed by atoms with Gasteiger partial charge in [-0.15, -0.1) is 11.3 Å².